The molecule has 0 aliphatic heterocycles. The summed E-state index contributed by atoms with van der Waals surface area (Å²) in [7, 11) is -1.52. The summed E-state index contributed by atoms with van der Waals surface area (Å²) in [5.74, 6) is 0.520. The Bertz CT molecular complexity index is 712. The Morgan fingerprint density at radius 1 is 1.09 bits per heavy atom. The van der Waals surface area contributed by atoms with E-state index < -0.39 is 16.9 Å². The summed E-state index contributed by atoms with van der Waals surface area (Å²) in [5.41, 5.74) is 7.99. The fourth-order valence-electron chi connectivity index (χ4n) is 4.11. The first-order valence-electron chi connectivity index (χ1n) is 8.79. The van der Waals surface area contributed by atoms with Gasteiger partial charge in [-0.1, -0.05) is 79.9 Å². The first-order valence-corrected chi connectivity index (χ1v) is 15.0. The summed E-state index contributed by atoms with van der Waals surface area (Å²) in [5, 5.41) is 1.67. The second-order valence-corrected chi connectivity index (χ2v) is 16.4. The minimum atomic E-state index is -1.13. The maximum atomic E-state index is 2.50. The Balaban J connectivity index is 2.09. The molecule has 0 saturated heterocycles. The van der Waals surface area contributed by atoms with Gasteiger partial charge in [0.15, 0.2) is 0 Å². The third-order valence-electron chi connectivity index (χ3n) is 5.03. The highest BCUT2D eigenvalue weighted by Gasteiger charge is 2.34. The molecule has 23 heavy (non-hydrogen) atoms. The number of allylic oxidation sites excluding steroid dienone is 6. The molecule has 2 heteroatoms. The van der Waals surface area contributed by atoms with Crippen molar-refractivity contribution < 1.29 is 0 Å². The van der Waals surface area contributed by atoms with Crippen LogP contribution in [0.25, 0.3) is 5.57 Å². The second kappa shape index (κ2) is 6.06. The van der Waals surface area contributed by atoms with Crippen molar-refractivity contribution in [2.45, 2.75) is 58.0 Å². The molecule has 0 amide bonds. The molecule has 1 unspecified atom stereocenters. The van der Waals surface area contributed by atoms with Gasteiger partial charge in [-0.3, -0.25) is 0 Å². The normalized spacial score (nSPS) is 20.9. The van der Waals surface area contributed by atoms with Crippen LogP contribution in [0, 0.1) is 0 Å². The SMILES string of the molecule is CC1=C(C[Si](C)(C)C)c2ccccc2C1C1=CCC=C1[Si](C)C. The van der Waals surface area contributed by atoms with Gasteiger partial charge in [0.1, 0.15) is 0 Å². The first kappa shape index (κ1) is 16.7. The van der Waals surface area contributed by atoms with Crippen LogP contribution in [-0.2, 0) is 0 Å². The fourth-order valence-corrected chi connectivity index (χ4v) is 6.99. The highest BCUT2D eigenvalue weighted by molar-refractivity contribution is 6.77. The molecule has 121 valence electrons. The van der Waals surface area contributed by atoms with Crippen LogP contribution in [0.3, 0.4) is 0 Å². The second-order valence-electron chi connectivity index (χ2n) is 8.43. The highest BCUT2D eigenvalue weighted by atomic mass is 28.3. The molecule has 0 saturated carbocycles. The van der Waals surface area contributed by atoms with Crippen molar-refractivity contribution in [2.24, 2.45) is 0 Å². The van der Waals surface area contributed by atoms with Crippen molar-refractivity contribution in [1.29, 1.82) is 0 Å². The van der Waals surface area contributed by atoms with Crippen LogP contribution in [-0.4, -0.2) is 16.9 Å². The van der Waals surface area contributed by atoms with Gasteiger partial charge in [-0.25, -0.2) is 0 Å². The van der Waals surface area contributed by atoms with E-state index in [9.17, 15) is 0 Å². The summed E-state index contributed by atoms with van der Waals surface area (Å²) in [4.78, 5) is 0. The average molecular weight is 338 g/mol. The smallest absolute Gasteiger partial charge is 0.0791 e. The Hall–Kier alpha value is -1.13. The topological polar surface area (TPSA) is 0 Å². The highest BCUT2D eigenvalue weighted by Crippen LogP contribution is 2.50. The van der Waals surface area contributed by atoms with Gasteiger partial charge in [-0.2, -0.15) is 0 Å². The van der Waals surface area contributed by atoms with E-state index >= 15 is 0 Å². The number of benzene rings is 1. The first-order chi connectivity index (χ1) is 10.8. The molecule has 0 aromatic heterocycles. The summed E-state index contributed by atoms with van der Waals surface area (Å²) < 4.78 is 0. The molecule has 0 heterocycles. The summed E-state index contributed by atoms with van der Waals surface area (Å²) in [6.07, 6.45) is 6.11. The van der Waals surface area contributed by atoms with E-state index in [1.54, 1.807) is 27.5 Å². The third kappa shape index (κ3) is 3.11. The molecule has 0 nitrogen and oxygen atoms in total. The Labute approximate surface area is 144 Å². The predicted molar refractivity (Wildman–Crippen MR) is 108 cm³/mol. The Morgan fingerprint density at radius 2 is 1.78 bits per heavy atom. The molecule has 0 bridgehead atoms. The number of rotatable bonds is 4. The molecule has 1 atom stereocenters. The van der Waals surface area contributed by atoms with Gasteiger partial charge in [0.25, 0.3) is 0 Å². The zero-order valence-corrected chi connectivity index (χ0v) is 17.5. The Kier molecular flexibility index (Phi) is 4.41. The van der Waals surface area contributed by atoms with E-state index in [1.807, 2.05) is 0 Å². The molecule has 0 spiro atoms. The van der Waals surface area contributed by atoms with Crippen molar-refractivity contribution >= 4 is 22.4 Å². The van der Waals surface area contributed by atoms with Crippen LogP contribution in [0.2, 0.25) is 38.8 Å². The van der Waals surface area contributed by atoms with E-state index in [-0.39, 0.29) is 0 Å². The molecule has 0 N–H and O–H groups in total. The maximum Gasteiger partial charge on any atom is 0.0791 e. The van der Waals surface area contributed by atoms with Gasteiger partial charge in [-0.15, -0.1) is 0 Å². The van der Waals surface area contributed by atoms with Gasteiger partial charge in [-0.05, 0) is 41.7 Å². The van der Waals surface area contributed by atoms with E-state index in [4.69, 9.17) is 0 Å². The van der Waals surface area contributed by atoms with Crippen LogP contribution in [0.1, 0.15) is 30.4 Å². The van der Waals surface area contributed by atoms with E-state index in [1.165, 1.54) is 11.6 Å². The lowest BCUT2D eigenvalue weighted by molar-refractivity contribution is 0.969. The molecular formula is C21H29Si2. The summed E-state index contributed by atoms with van der Waals surface area (Å²) in [6, 6.07) is 10.5. The molecule has 1 aromatic carbocycles. The van der Waals surface area contributed by atoms with Crippen molar-refractivity contribution in [3.8, 4) is 0 Å². The standard InChI is InChI=1S/C21H29Si2/c1-15-19(14-23(4,5)6)16-10-7-8-11-17(16)21(15)18-12-9-13-20(18)22(2)3/h7-8,10-13,21H,9,14H2,1-6H3. The Morgan fingerprint density at radius 3 is 2.43 bits per heavy atom. The van der Waals surface area contributed by atoms with Crippen LogP contribution in [0.5, 0.6) is 0 Å². The van der Waals surface area contributed by atoms with Crippen LogP contribution >= 0.6 is 0 Å². The van der Waals surface area contributed by atoms with Crippen LogP contribution in [0.15, 0.2) is 52.8 Å². The predicted octanol–water partition coefficient (Wildman–Crippen LogP) is 6.45. The zero-order valence-electron chi connectivity index (χ0n) is 15.5. The lowest BCUT2D eigenvalue weighted by atomic mass is 9.89. The quantitative estimate of drug-likeness (QED) is 0.554. The summed E-state index contributed by atoms with van der Waals surface area (Å²) in [6.45, 7) is 14.7. The van der Waals surface area contributed by atoms with Gasteiger partial charge in [0, 0.05) is 14.0 Å². The van der Waals surface area contributed by atoms with Crippen molar-refractivity contribution in [3.63, 3.8) is 0 Å². The minimum absolute atomic E-state index is 0.395. The molecule has 2 aliphatic rings. The number of hydrogen-bond donors (Lipinski definition) is 0. The lowest BCUT2D eigenvalue weighted by Crippen LogP contribution is -2.19. The average Bonchev–Trinajstić information content (AvgIpc) is 3.02. The monoisotopic (exact) mass is 337 g/mol. The third-order valence-corrected chi connectivity index (χ3v) is 8.02. The molecule has 1 radical (unpaired) electrons. The van der Waals surface area contributed by atoms with Gasteiger partial charge in [0.2, 0.25) is 0 Å². The van der Waals surface area contributed by atoms with E-state index in [2.05, 4.69) is 76.1 Å². The molecule has 3 rings (SSSR count). The van der Waals surface area contributed by atoms with E-state index in [0.29, 0.717) is 5.92 Å². The van der Waals surface area contributed by atoms with Crippen molar-refractivity contribution in [2.75, 3.05) is 0 Å². The molecular weight excluding hydrogens is 308 g/mol. The van der Waals surface area contributed by atoms with Crippen LogP contribution < -0.4 is 0 Å². The van der Waals surface area contributed by atoms with Crippen LogP contribution in [0.4, 0.5) is 0 Å². The van der Waals surface area contributed by atoms with Gasteiger partial charge in [0.05, 0.1) is 8.80 Å². The number of hydrogen-bond acceptors (Lipinski definition) is 0. The minimum Gasteiger partial charge on any atom is -0.0814 e. The van der Waals surface area contributed by atoms with Crippen molar-refractivity contribution in [3.05, 3.63) is 63.9 Å². The molecule has 1 aromatic rings. The van der Waals surface area contributed by atoms with E-state index in [0.717, 1.165) is 6.42 Å². The molecule has 0 fully saturated rings. The van der Waals surface area contributed by atoms with Gasteiger partial charge < -0.3 is 0 Å². The summed E-state index contributed by atoms with van der Waals surface area (Å²) >= 11 is 0. The lowest BCUT2D eigenvalue weighted by Gasteiger charge is -2.21. The molecule has 2 aliphatic carbocycles. The van der Waals surface area contributed by atoms with Crippen molar-refractivity contribution in [1.82, 2.24) is 0 Å². The number of fused-ring (bicyclic) bond motifs is 1. The van der Waals surface area contributed by atoms with Gasteiger partial charge >= 0.3 is 0 Å². The maximum absolute atomic E-state index is 2.50. The fraction of sp³-hybridized carbons (Fsp3) is 0.429. The largest absolute Gasteiger partial charge is 0.0814 e. The zero-order chi connectivity index (χ0) is 16.8.